The zero-order chi connectivity index (χ0) is 25.5. The minimum Gasteiger partial charge on any atom is -0.335 e. The summed E-state index contributed by atoms with van der Waals surface area (Å²) >= 11 is 0. The average molecular weight is 494 g/mol. The van der Waals surface area contributed by atoms with Crippen molar-refractivity contribution in [3.63, 3.8) is 0 Å². The molecule has 3 N–H and O–H groups in total. The van der Waals surface area contributed by atoms with Crippen LogP contribution in [-0.2, 0) is 4.79 Å². The van der Waals surface area contributed by atoms with Crippen LogP contribution in [0, 0.1) is 11.7 Å². The molecule has 182 valence electrons. The first-order valence-corrected chi connectivity index (χ1v) is 11.5. The van der Waals surface area contributed by atoms with Gasteiger partial charge in [-0.2, -0.15) is 5.10 Å². The van der Waals surface area contributed by atoms with Crippen LogP contribution in [0.3, 0.4) is 0 Å². The Hall–Kier alpha value is -5.06. The van der Waals surface area contributed by atoms with Gasteiger partial charge >= 0.3 is 0 Å². The van der Waals surface area contributed by atoms with Gasteiger partial charge in [0.2, 0.25) is 5.91 Å². The largest absolute Gasteiger partial charge is 0.335 e. The van der Waals surface area contributed by atoms with E-state index in [0.717, 1.165) is 11.1 Å². The molecule has 0 saturated carbocycles. The fourth-order valence-corrected chi connectivity index (χ4v) is 4.05. The third-order valence-corrected chi connectivity index (χ3v) is 5.94. The summed E-state index contributed by atoms with van der Waals surface area (Å²) in [6.07, 6.45) is 11.3. The van der Waals surface area contributed by atoms with Crippen LogP contribution in [-0.4, -0.2) is 46.0 Å². The highest BCUT2D eigenvalue weighted by Crippen LogP contribution is 2.34. The van der Waals surface area contributed by atoms with Gasteiger partial charge in [0.25, 0.3) is 0 Å². The number of H-pyrrole nitrogens is 2. The number of imidazole rings is 1. The van der Waals surface area contributed by atoms with Crippen LogP contribution < -0.4 is 5.32 Å². The van der Waals surface area contributed by atoms with E-state index >= 15 is 4.39 Å². The summed E-state index contributed by atoms with van der Waals surface area (Å²) in [7, 11) is 0. The van der Waals surface area contributed by atoms with Crippen molar-refractivity contribution in [3.05, 3.63) is 67.4 Å². The van der Waals surface area contributed by atoms with Crippen LogP contribution in [0.2, 0.25) is 0 Å². The Kier molecular flexibility index (Phi) is 5.37. The highest BCUT2D eigenvalue weighted by molar-refractivity contribution is 5.98. The van der Waals surface area contributed by atoms with Crippen molar-refractivity contribution in [2.75, 3.05) is 5.32 Å². The van der Waals surface area contributed by atoms with Crippen LogP contribution in [0.15, 0.2) is 61.6 Å². The lowest BCUT2D eigenvalue weighted by Crippen LogP contribution is -2.17. The summed E-state index contributed by atoms with van der Waals surface area (Å²) in [5.74, 6) is -0.570. The molecule has 6 aromatic heterocycles. The second kappa shape index (κ2) is 8.86. The van der Waals surface area contributed by atoms with E-state index in [2.05, 4.69) is 40.4 Å². The molecule has 10 nitrogen and oxygen atoms in total. The molecule has 0 atom stereocenters. The smallest absolute Gasteiger partial charge is 0.226 e. The number of rotatable bonds is 5. The number of carbonyl (C=O) groups is 1. The van der Waals surface area contributed by atoms with Gasteiger partial charge in [-0.25, -0.2) is 9.37 Å². The monoisotopic (exact) mass is 493 g/mol. The molecule has 0 unspecified atom stereocenters. The van der Waals surface area contributed by atoms with E-state index in [1.165, 1.54) is 18.6 Å². The van der Waals surface area contributed by atoms with E-state index in [-0.39, 0.29) is 22.9 Å². The second-order valence-electron chi connectivity index (χ2n) is 8.80. The summed E-state index contributed by atoms with van der Waals surface area (Å²) in [4.78, 5) is 37.0. The minimum atomic E-state index is -0.582. The number of carbonyl (C=O) groups excluding carboxylic acids is 1. The van der Waals surface area contributed by atoms with E-state index in [1.54, 1.807) is 44.7 Å². The van der Waals surface area contributed by atoms with E-state index in [4.69, 9.17) is 4.98 Å². The summed E-state index contributed by atoms with van der Waals surface area (Å²) in [5, 5.41) is 10.2. The standard InChI is InChI=1S/C26H20FN9O/c1-13(2)26(37)32-16-6-15(8-29-9-16)22-21(27)20-18(12-31-22)35-36-24(20)25-33-19-11-30-10-17(23(19)34-25)14-4-3-5-28-7-14/h3-13H,1-2H3,(H,32,37)(H,33,34)(H,35,36). The van der Waals surface area contributed by atoms with Gasteiger partial charge in [0.05, 0.1) is 40.7 Å². The Morgan fingerprint density at radius 3 is 2.62 bits per heavy atom. The van der Waals surface area contributed by atoms with Crippen molar-refractivity contribution in [3.8, 4) is 33.9 Å². The number of halogens is 1. The fourth-order valence-electron chi connectivity index (χ4n) is 4.05. The lowest BCUT2D eigenvalue weighted by Gasteiger charge is -2.09. The summed E-state index contributed by atoms with van der Waals surface area (Å²) in [6.45, 7) is 3.58. The average Bonchev–Trinajstić information content (AvgIpc) is 3.54. The number of nitrogens with zero attached hydrogens (tertiary/aromatic N) is 6. The molecule has 0 spiro atoms. The number of fused-ring (bicyclic) bond motifs is 2. The molecule has 0 fully saturated rings. The Balaban J connectivity index is 1.45. The maximum Gasteiger partial charge on any atom is 0.226 e. The van der Waals surface area contributed by atoms with Gasteiger partial charge in [0, 0.05) is 47.4 Å². The van der Waals surface area contributed by atoms with E-state index in [1.807, 2.05) is 12.1 Å². The number of aromatic nitrogens is 8. The maximum atomic E-state index is 16.0. The van der Waals surface area contributed by atoms with Crippen molar-refractivity contribution < 1.29 is 9.18 Å². The lowest BCUT2D eigenvalue weighted by atomic mass is 10.1. The van der Waals surface area contributed by atoms with Gasteiger partial charge in [-0.3, -0.25) is 29.8 Å². The minimum absolute atomic E-state index is 0.0807. The summed E-state index contributed by atoms with van der Waals surface area (Å²) < 4.78 is 16.0. The van der Waals surface area contributed by atoms with Gasteiger partial charge in [-0.15, -0.1) is 0 Å². The Morgan fingerprint density at radius 1 is 0.973 bits per heavy atom. The number of anilines is 1. The molecule has 0 aliphatic rings. The molecule has 0 bridgehead atoms. The van der Waals surface area contributed by atoms with E-state index in [9.17, 15) is 4.79 Å². The topological polar surface area (TPSA) is 138 Å². The highest BCUT2D eigenvalue weighted by Gasteiger charge is 2.21. The molecule has 37 heavy (non-hydrogen) atoms. The molecule has 0 aliphatic heterocycles. The van der Waals surface area contributed by atoms with Gasteiger partial charge in [-0.05, 0) is 12.1 Å². The van der Waals surface area contributed by atoms with Crippen LogP contribution >= 0.6 is 0 Å². The number of amides is 1. The molecule has 1 amide bonds. The number of aromatic amines is 2. The second-order valence-corrected chi connectivity index (χ2v) is 8.80. The normalized spacial score (nSPS) is 11.5. The molecule has 0 aliphatic carbocycles. The Bertz CT molecular complexity index is 1780. The zero-order valence-corrected chi connectivity index (χ0v) is 19.8. The molecule has 0 saturated heterocycles. The predicted molar refractivity (Wildman–Crippen MR) is 137 cm³/mol. The molecule has 11 heteroatoms. The zero-order valence-electron chi connectivity index (χ0n) is 19.8. The van der Waals surface area contributed by atoms with E-state index < -0.39 is 5.82 Å². The van der Waals surface area contributed by atoms with Crippen molar-refractivity contribution in [2.45, 2.75) is 13.8 Å². The van der Waals surface area contributed by atoms with Crippen LogP contribution in [0.5, 0.6) is 0 Å². The van der Waals surface area contributed by atoms with Crippen molar-refractivity contribution in [1.29, 1.82) is 0 Å². The highest BCUT2D eigenvalue weighted by atomic mass is 19.1. The SMILES string of the molecule is CC(C)C(=O)Nc1cncc(-c2ncc3[nH]nc(-c4nc5c(-c6cccnc6)cncc5[nH]4)c3c2F)c1. The van der Waals surface area contributed by atoms with Gasteiger partial charge in [0.15, 0.2) is 11.6 Å². The van der Waals surface area contributed by atoms with Crippen LogP contribution in [0.1, 0.15) is 13.8 Å². The third kappa shape index (κ3) is 3.96. The first-order chi connectivity index (χ1) is 18.0. The first kappa shape index (κ1) is 22.4. The van der Waals surface area contributed by atoms with Gasteiger partial charge in [-0.1, -0.05) is 19.9 Å². The number of hydrogen-bond donors (Lipinski definition) is 3. The molecule has 0 radical (unpaired) electrons. The predicted octanol–water partition coefficient (Wildman–Crippen LogP) is 4.75. The van der Waals surface area contributed by atoms with E-state index in [0.29, 0.717) is 39.3 Å². The lowest BCUT2D eigenvalue weighted by molar-refractivity contribution is -0.118. The van der Waals surface area contributed by atoms with Crippen LogP contribution in [0.4, 0.5) is 10.1 Å². The van der Waals surface area contributed by atoms with Gasteiger partial charge in [0.1, 0.15) is 16.9 Å². The van der Waals surface area contributed by atoms with Crippen molar-refractivity contribution >= 4 is 33.5 Å². The van der Waals surface area contributed by atoms with Crippen molar-refractivity contribution in [2.24, 2.45) is 5.92 Å². The molecule has 6 rings (SSSR count). The third-order valence-electron chi connectivity index (χ3n) is 5.94. The Labute approximate surface area is 209 Å². The van der Waals surface area contributed by atoms with Gasteiger partial charge < -0.3 is 10.3 Å². The number of hydrogen-bond acceptors (Lipinski definition) is 7. The quantitative estimate of drug-likeness (QED) is 0.315. The first-order valence-electron chi connectivity index (χ1n) is 11.5. The molecular formula is C26H20FN9O. The molecule has 6 heterocycles. The fraction of sp³-hybridized carbons (Fsp3) is 0.115. The summed E-state index contributed by atoms with van der Waals surface area (Å²) in [6, 6.07) is 5.40. The maximum absolute atomic E-state index is 16.0. The molecule has 6 aromatic rings. The Morgan fingerprint density at radius 2 is 1.81 bits per heavy atom. The van der Waals surface area contributed by atoms with Crippen molar-refractivity contribution in [1.82, 2.24) is 40.1 Å². The number of pyridine rings is 4. The summed E-state index contributed by atoms with van der Waals surface area (Å²) in [5.41, 5.74) is 4.68. The number of nitrogens with one attached hydrogen (secondary N) is 3. The van der Waals surface area contributed by atoms with Crippen LogP contribution in [0.25, 0.3) is 55.8 Å². The molecule has 0 aromatic carbocycles. The molecular weight excluding hydrogens is 473 g/mol.